The normalized spacial score (nSPS) is 12.7. The zero-order valence-electron chi connectivity index (χ0n) is 22.4. The van der Waals surface area contributed by atoms with E-state index < -0.39 is 12.1 Å². The number of hydrogen-bond acceptors (Lipinski definition) is 2. The summed E-state index contributed by atoms with van der Waals surface area (Å²) in [4.78, 5) is 10.9. The lowest BCUT2D eigenvalue weighted by atomic mass is 9.90. The fourth-order valence-corrected chi connectivity index (χ4v) is 4.52. The second kappa shape index (κ2) is 23.9. The number of nitrogens with one attached hydrogen (secondary N) is 2. The first-order valence-electron chi connectivity index (χ1n) is 14.5. The minimum Gasteiger partial charge on any atom is -0.348 e. The van der Waals surface area contributed by atoms with Crippen LogP contribution in [0.25, 0.3) is 0 Å². The molecule has 0 aromatic rings. The number of amides is 1. The molecule has 34 heavy (non-hydrogen) atoms. The van der Waals surface area contributed by atoms with E-state index in [1.54, 1.807) is 0 Å². The summed E-state index contributed by atoms with van der Waals surface area (Å²) in [6.45, 7) is 6.81. The molecule has 0 heterocycles. The van der Waals surface area contributed by atoms with Crippen LogP contribution in [0.5, 0.6) is 0 Å². The number of alkyl halides is 3. The van der Waals surface area contributed by atoms with Gasteiger partial charge in [0.2, 0.25) is 0 Å². The monoisotopic (exact) mass is 492 g/mol. The molecule has 3 nitrogen and oxygen atoms in total. The van der Waals surface area contributed by atoms with Crippen LogP contribution in [-0.2, 0) is 4.79 Å². The Morgan fingerprint density at radius 2 is 0.971 bits per heavy atom. The Morgan fingerprint density at radius 1 is 0.588 bits per heavy atom. The highest BCUT2D eigenvalue weighted by molar-refractivity contribution is 5.81. The maximum atomic E-state index is 12.2. The van der Waals surface area contributed by atoms with Crippen LogP contribution in [0.2, 0.25) is 0 Å². The molecule has 1 unspecified atom stereocenters. The van der Waals surface area contributed by atoms with Gasteiger partial charge in [-0.1, -0.05) is 123 Å². The van der Waals surface area contributed by atoms with Crippen LogP contribution in [0.1, 0.15) is 142 Å². The standard InChI is InChI=1S/C28H55F3N2O/c1-3-5-7-9-10-11-12-13-17-23-32-24-18-15-21-26(20-14-8-6-4-2)22-16-19-25-33-27(34)28(29,30)31/h26,32H,3-25H2,1-2H3,(H,33,34). The van der Waals surface area contributed by atoms with E-state index in [2.05, 4.69) is 19.2 Å². The maximum Gasteiger partial charge on any atom is 0.471 e. The maximum absolute atomic E-state index is 12.2. The lowest BCUT2D eigenvalue weighted by molar-refractivity contribution is -0.173. The Hall–Kier alpha value is -0.780. The molecule has 2 N–H and O–H groups in total. The molecule has 0 bridgehead atoms. The third-order valence-corrected chi connectivity index (χ3v) is 6.72. The Kier molecular flexibility index (Phi) is 23.4. The summed E-state index contributed by atoms with van der Waals surface area (Å²) in [6.07, 6.45) is 19.9. The molecule has 1 atom stereocenters. The van der Waals surface area contributed by atoms with E-state index in [0.717, 1.165) is 25.9 Å². The Morgan fingerprint density at radius 3 is 1.47 bits per heavy atom. The van der Waals surface area contributed by atoms with Gasteiger partial charge in [0.05, 0.1) is 0 Å². The highest BCUT2D eigenvalue weighted by atomic mass is 19.4. The molecule has 0 radical (unpaired) electrons. The molecule has 0 saturated carbocycles. The molecule has 0 spiro atoms. The first-order chi connectivity index (χ1) is 16.4. The Bertz CT molecular complexity index is 444. The van der Waals surface area contributed by atoms with Crippen LogP contribution in [0, 0.1) is 5.92 Å². The summed E-state index contributed by atoms with van der Waals surface area (Å²) in [7, 11) is 0. The molecule has 6 heteroatoms. The van der Waals surface area contributed by atoms with Crippen LogP contribution in [0.15, 0.2) is 0 Å². The van der Waals surface area contributed by atoms with Crippen molar-refractivity contribution in [1.82, 2.24) is 10.6 Å². The lowest BCUT2D eigenvalue weighted by Crippen LogP contribution is -2.37. The van der Waals surface area contributed by atoms with Gasteiger partial charge in [0, 0.05) is 6.54 Å². The minimum absolute atomic E-state index is 0.115. The number of halogens is 3. The van der Waals surface area contributed by atoms with Gasteiger partial charge in [-0.3, -0.25) is 4.79 Å². The van der Waals surface area contributed by atoms with Gasteiger partial charge in [-0.2, -0.15) is 13.2 Å². The third-order valence-electron chi connectivity index (χ3n) is 6.72. The van der Waals surface area contributed by atoms with Gasteiger partial charge >= 0.3 is 12.1 Å². The van der Waals surface area contributed by atoms with Crippen LogP contribution in [0.3, 0.4) is 0 Å². The zero-order chi connectivity index (χ0) is 25.3. The largest absolute Gasteiger partial charge is 0.471 e. The molecule has 0 aromatic heterocycles. The summed E-state index contributed by atoms with van der Waals surface area (Å²) in [5.74, 6) is -1.16. The van der Waals surface area contributed by atoms with E-state index in [1.165, 1.54) is 109 Å². The molecule has 0 aliphatic heterocycles. The average Bonchev–Trinajstić information content (AvgIpc) is 2.80. The van der Waals surface area contributed by atoms with Crippen molar-refractivity contribution >= 4 is 5.91 Å². The highest BCUT2D eigenvalue weighted by Crippen LogP contribution is 2.23. The molecule has 204 valence electrons. The number of hydrogen-bond donors (Lipinski definition) is 2. The predicted molar refractivity (Wildman–Crippen MR) is 139 cm³/mol. The van der Waals surface area contributed by atoms with E-state index in [1.807, 2.05) is 5.32 Å². The van der Waals surface area contributed by atoms with Crippen molar-refractivity contribution in [2.75, 3.05) is 19.6 Å². The topological polar surface area (TPSA) is 41.1 Å². The van der Waals surface area contributed by atoms with Crippen molar-refractivity contribution in [3.63, 3.8) is 0 Å². The third kappa shape index (κ3) is 23.0. The van der Waals surface area contributed by atoms with E-state index in [9.17, 15) is 18.0 Å². The highest BCUT2D eigenvalue weighted by Gasteiger charge is 2.38. The van der Waals surface area contributed by atoms with Crippen molar-refractivity contribution in [2.24, 2.45) is 5.92 Å². The molecule has 0 rings (SSSR count). The van der Waals surface area contributed by atoms with Crippen LogP contribution in [-0.4, -0.2) is 31.7 Å². The van der Waals surface area contributed by atoms with Gasteiger partial charge in [0.15, 0.2) is 0 Å². The molecule has 0 fully saturated rings. The number of carbonyl (C=O) groups excluding carboxylic acids is 1. The zero-order valence-corrected chi connectivity index (χ0v) is 22.4. The van der Waals surface area contributed by atoms with Gasteiger partial charge in [0.1, 0.15) is 0 Å². The lowest BCUT2D eigenvalue weighted by Gasteiger charge is -2.17. The van der Waals surface area contributed by atoms with E-state index >= 15 is 0 Å². The number of rotatable bonds is 25. The van der Waals surface area contributed by atoms with Gasteiger partial charge in [0.25, 0.3) is 0 Å². The molecule has 0 saturated heterocycles. The first-order valence-corrected chi connectivity index (χ1v) is 14.5. The van der Waals surface area contributed by atoms with Crippen LogP contribution < -0.4 is 10.6 Å². The second-order valence-electron chi connectivity index (χ2n) is 10.0. The fourth-order valence-electron chi connectivity index (χ4n) is 4.52. The van der Waals surface area contributed by atoms with Crippen molar-refractivity contribution in [3.05, 3.63) is 0 Å². The SMILES string of the molecule is CCCCCCCCCCCNCCCCC(CCCCCC)CCCCNC(=O)C(F)(F)F. The summed E-state index contributed by atoms with van der Waals surface area (Å²) < 4.78 is 36.7. The smallest absolute Gasteiger partial charge is 0.348 e. The van der Waals surface area contributed by atoms with Gasteiger partial charge < -0.3 is 10.6 Å². The predicted octanol–water partition coefficient (Wildman–Crippen LogP) is 8.71. The van der Waals surface area contributed by atoms with Gasteiger partial charge in [-0.15, -0.1) is 0 Å². The molecule has 0 aliphatic rings. The number of unbranched alkanes of at least 4 members (excludes halogenated alkanes) is 13. The van der Waals surface area contributed by atoms with E-state index in [4.69, 9.17) is 0 Å². The summed E-state index contributed by atoms with van der Waals surface area (Å²) in [5, 5.41) is 5.57. The average molecular weight is 493 g/mol. The van der Waals surface area contributed by atoms with Crippen molar-refractivity contribution < 1.29 is 18.0 Å². The van der Waals surface area contributed by atoms with Crippen LogP contribution in [0.4, 0.5) is 13.2 Å². The van der Waals surface area contributed by atoms with Gasteiger partial charge in [-0.25, -0.2) is 0 Å². The van der Waals surface area contributed by atoms with Crippen molar-refractivity contribution in [2.45, 2.75) is 148 Å². The van der Waals surface area contributed by atoms with Crippen molar-refractivity contribution in [3.8, 4) is 0 Å². The molecular weight excluding hydrogens is 437 g/mol. The molecular formula is C28H55F3N2O. The first kappa shape index (κ1) is 33.2. The summed E-state index contributed by atoms with van der Waals surface area (Å²) >= 11 is 0. The fraction of sp³-hybridized carbons (Fsp3) is 0.964. The summed E-state index contributed by atoms with van der Waals surface area (Å²) in [5.41, 5.74) is 0. The van der Waals surface area contributed by atoms with E-state index in [0.29, 0.717) is 12.3 Å². The molecule has 1 amide bonds. The quantitative estimate of drug-likeness (QED) is 0.125. The molecule has 0 aliphatic carbocycles. The Labute approximate surface area is 208 Å². The van der Waals surface area contributed by atoms with Crippen molar-refractivity contribution in [1.29, 1.82) is 0 Å². The summed E-state index contributed by atoms with van der Waals surface area (Å²) in [6, 6.07) is 0. The van der Waals surface area contributed by atoms with Crippen LogP contribution >= 0.6 is 0 Å². The molecule has 0 aromatic carbocycles. The number of carbonyl (C=O) groups is 1. The second-order valence-corrected chi connectivity index (χ2v) is 10.0. The Balaban J connectivity index is 3.77. The van der Waals surface area contributed by atoms with E-state index in [-0.39, 0.29) is 6.54 Å². The van der Waals surface area contributed by atoms with Gasteiger partial charge in [-0.05, 0) is 38.3 Å². The minimum atomic E-state index is -4.77.